The summed E-state index contributed by atoms with van der Waals surface area (Å²) in [5.41, 5.74) is 0. The number of nitrogens with one attached hydrogen (secondary N) is 1. The highest BCUT2D eigenvalue weighted by Gasteiger charge is 2.41. The van der Waals surface area contributed by atoms with Crippen LogP contribution in [0.15, 0.2) is 0 Å². The molecule has 0 bridgehead atoms. The first kappa shape index (κ1) is 16.3. The van der Waals surface area contributed by atoms with Crippen molar-refractivity contribution in [3.8, 4) is 0 Å². The van der Waals surface area contributed by atoms with Crippen LogP contribution in [0.25, 0.3) is 0 Å². The normalized spacial score (nSPS) is 29.8. The van der Waals surface area contributed by atoms with Gasteiger partial charge in [-0.3, -0.25) is 9.59 Å². The molecule has 1 aliphatic rings. The van der Waals surface area contributed by atoms with Crippen molar-refractivity contribution in [2.45, 2.75) is 38.0 Å². The zero-order chi connectivity index (χ0) is 14.6. The summed E-state index contributed by atoms with van der Waals surface area (Å²) in [5, 5.41) is 21.1. The van der Waals surface area contributed by atoms with Crippen LogP contribution in [0.3, 0.4) is 0 Å². The Morgan fingerprint density at radius 1 is 1.37 bits per heavy atom. The molecule has 1 fully saturated rings. The van der Waals surface area contributed by atoms with Crippen molar-refractivity contribution in [2.24, 2.45) is 17.8 Å². The van der Waals surface area contributed by atoms with Gasteiger partial charge < -0.3 is 15.5 Å². The standard InChI is InChI=1S/C13H23NO4S/c1-7-4-9(10(5-7)13(17)18)12(16)14-8(2)11(6-15)19-3/h7-11,15H,4-6H2,1-3H3,(H,14,16)(H,17,18). The van der Waals surface area contributed by atoms with Crippen molar-refractivity contribution in [1.82, 2.24) is 5.32 Å². The highest BCUT2D eigenvalue weighted by molar-refractivity contribution is 7.99. The molecule has 0 radical (unpaired) electrons. The van der Waals surface area contributed by atoms with Crippen LogP contribution in [0.2, 0.25) is 0 Å². The molecule has 0 aromatic heterocycles. The molecule has 6 heteroatoms. The first-order valence-corrected chi connectivity index (χ1v) is 7.86. The summed E-state index contributed by atoms with van der Waals surface area (Å²) in [6, 6.07) is -0.169. The molecule has 0 aliphatic heterocycles. The molecule has 110 valence electrons. The summed E-state index contributed by atoms with van der Waals surface area (Å²) >= 11 is 1.49. The van der Waals surface area contributed by atoms with Gasteiger partial charge >= 0.3 is 5.97 Å². The number of aliphatic carboxylic acids is 1. The van der Waals surface area contributed by atoms with E-state index < -0.39 is 17.8 Å². The molecule has 0 spiro atoms. The molecule has 1 rings (SSSR count). The number of amides is 1. The Labute approximate surface area is 118 Å². The van der Waals surface area contributed by atoms with Crippen molar-refractivity contribution < 1.29 is 19.8 Å². The van der Waals surface area contributed by atoms with Crippen molar-refractivity contribution in [3.63, 3.8) is 0 Å². The molecule has 3 N–H and O–H groups in total. The van der Waals surface area contributed by atoms with Crippen LogP contribution < -0.4 is 5.32 Å². The third-order valence-corrected chi connectivity index (χ3v) is 5.03. The molecule has 1 aliphatic carbocycles. The first-order valence-electron chi connectivity index (χ1n) is 6.57. The highest BCUT2D eigenvalue weighted by atomic mass is 32.2. The van der Waals surface area contributed by atoms with Crippen molar-refractivity contribution in [1.29, 1.82) is 0 Å². The third kappa shape index (κ3) is 4.11. The Morgan fingerprint density at radius 3 is 2.42 bits per heavy atom. The molecule has 0 aromatic rings. The number of hydrogen-bond donors (Lipinski definition) is 3. The van der Waals surface area contributed by atoms with E-state index in [0.29, 0.717) is 12.8 Å². The zero-order valence-corrected chi connectivity index (χ0v) is 12.4. The minimum absolute atomic E-state index is 0.00789. The van der Waals surface area contributed by atoms with Crippen molar-refractivity contribution in [2.75, 3.05) is 12.9 Å². The monoisotopic (exact) mass is 289 g/mol. The second-order valence-corrected chi connectivity index (χ2v) is 6.46. The molecule has 0 aromatic carbocycles. The van der Waals surface area contributed by atoms with Crippen LogP contribution in [0, 0.1) is 17.8 Å². The third-order valence-electron chi connectivity index (χ3n) is 3.86. The van der Waals surface area contributed by atoms with Gasteiger partial charge in [-0.15, -0.1) is 0 Å². The first-order chi connectivity index (χ1) is 8.90. The van der Waals surface area contributed by atoms with Gasteiger partial charge in [0.25, 0.3) is 0 Å². The van der Waals surface area contributed by atoms with Gasteiger partial charge in [-0.05, 0) is 31.9 Å². The molecule has 0 heterocycles. The number of aliphatic hydroxyl groups excluding tert-OH is 1. The smallest absolute Gasteiger partial charge is 0.307 e. The topological polar surface area (TPSA) is 86.6 Å². The van der Waals surface area contributed by atoms with Gasteiger partial charge in [0.2, 0.25) is 5.91 Å². The van der Waals surface area contributed by atoms with Crippen LogP contribution in [-0.2, 0) is 9.59 Å². The van der Waals surface area contributed by atoms with Gasteiger partial charge in [-0.2, -0.15) is 11.8 Å². The lowest BCUT2D eigenvalue weighted by Gasteiger charge is -2.24. The molecule has 1 amide bonds. The number of carboxylic acid groups (broad SMARTS) is 1. The SMILES string of the molecule is CSC(CO)C(C)NC(=O)C1CC(C)CC1C(=O)O. The predicted molar refractivity (Wildman–Crippen MR) is 75.0 cm³/mol. The lowest BCUT2D eigenvalue weighted by Crippen LogP contribution is -2.45. The Hall–Kier alpha value is -0.750. The lowest BCUT2D eigenvalue weighted by molar-refractivity contribution is -0.146. The second-order valence-electron chi connectivity index (χ2n) is 5.38. The van der Waals surface area contributed by atoms with Crippen molar-refractivity contribution in [3.05, 3.63) is 0 Å². The van der Waals surface area contributed by atoms with Gasteiger partial charge in [0.05, 0.1) is 18.4 Å². The van der Waals surface area contributed by atoms with E-state index in [-0.39, 0.29) is 29.7 Å². The van der Waals surface area contributed by atoms with Gasteiger partial charge in [-0.25, -0.2) is 0 Å². The summed E-state index contributed by atoms with van der Waals surface area (Å²) in [4.78, 5) is 23.4. The summed E-state index contributed by atoms with van der Waals surface area (Å²) in [5.74, 6) is -1.85. The molecule has 1 saturated carbocycles. The van der Waals surface area contributed by atoms with Crippen LogP contribution in [-0.4, -0.2) is 46.2 Å². The van der Waals surface area contributed by atoms with Gasteiger partial charge in [-0.1, -0.05) is 6.92 Å². The minimum atomic E-state index is -0.888. The molecule has 0 saturated heterocycles. The van der Waals surface area contributed by atoms with E-state index >= 15 is 0 Å². The van der Waals surface area contributed by atoms with E-state index in [4.69, 9.17) is 5.11 Å². The zero-order valence-electron chi connectivity index (χ0n) is 11.6. The van der Waals surface area contributed by atoms with Gasteiger partial charge in [0.1, 0.15) is 0 Å². The number of carbonyl (C=O) groups excluding carboxylic acids is 1. The maximum absolute atomic E-state index is 12.2. The number of aliphatic hydroxyl groups is 1. The van der Waals surface area contributed by atoms with E-state index in [1.165, 1.54) is 11.8 Å². The van der Waals surface area contributed by atoms with E-state index in [1.807, 2.05) is 20.1 Å². The number of hydrogen-bond acceptors (Lipinski definition) is 4. The maximum atomic E-state index is 12.2. The van der Waals surface area contributed by atoms with E-state index in [2.05, 4.69) is 5.32 Å². The van der Waals surface area contributed by atoms with Gasteiger partial charge in [0.15, 0.2) is 0 Å². The van der Waals surface area contributed by atoms with Crippen LogP contribution in [0.4, 0.5) is 0 Å². The predicted octanol–water partition coefficient (Wildman–Crippen LogP) is 0.962. The molecule has 5 unspecified atom stereocenters. The molecular formula is C13H23NO4S. The fraction of sp³-hybridized carbons (Fsp3) is 0.846. The van der Waals surface area contributed by atoms with E-state index in [1.54, 1.807) is 0 Å². The number of carbonyl (C=O) groups is 2. The Bertz CT molecular complexity index is 333. The maximum Gasteiger partial charge on any atom is 0.307 e. The minimum Gasteiger partial charge on any atom is -0.481 e. The summed E-state index contributed by atoms with van der Waals surface area (Å²) < 4.78 is 0. The van der Waals surface area contributed by atoms with Crippen LogP contribution >= 0.6 is 11.8 Å². The Balaban J connectivity index is 2.64. The molecule has 5 nitrogen and oxygen atoms in total. The average molecular weight is 289 g/mol. The van der Waals surface area contributed by atoms with Crippen LogP contribution in [0.5, 0.6) is 0 Å². The number of thioether (sulfide) groups is 1. The van der Waals surface area contributed by atoms with E-state index in [9.17, 15) is 14.7 Å². The Kier molecular flexibility index (Phi) is 6.13. The summed E-state index contributed by atoms with van der Waals surface area (Å²) in [6.07, 6.45) is 3.06. The quantitative estimate of drug-likeness (QED) is 0.678. The molecular weight excluding hydrogens is 266 g/mol. The average Bonchev–Trinajstić information content (AvgIpc) is 2.73. The highest BCUT2D eigenvalue weighted by Crippen LogP contribution is 2.36. The molecule has 19 heavy (non-hydrogen) atoms. The fourth-order valence-electron chi connectivity index (χ4n) is 2.72. The van der Waals surface area contributed by atoms with Crippen molar-refractivity contribution >= 4 is 23.6 Å². The lowest BCUT2D eigenvalue weighted by atomic mass is 9.95. The largest absolute Gasteiger partial charge is 0.481 e. The fourth-order valence-corrected chi connectivity index (χ4v) is 3.34. The second kappa shape index (κ2) is 7.14. The van der Waals surface area contributed by atoms with Gasteiger partial charge in [0, 0.05) is 11.3 Å². The Morgan fingerprint density at radius 2 is 1.95 bits per heavy atom. The summed E-state index contributed by atoms with van der Waals surface area (Å²) in [6.45, 7) is 3.81. The number of carboxylic acids is 1. The van der Waals surface area contributed by atoms with Crippen LogP contribution in [0.1, 0.15) is 26.7 Å². The molecule has 5 atom stereocenters. The van der Waals surface area contributed by atoms with E-state index in [0.717, 1.165) is 0 Å². The number of rotatable bonds is 6. The summed E-state index contributed by atoms with van der Waals surface area (Å²) in [7, 11) is 0.